The van der Waals surface area contributed by atoms with Gasteiger partial charge in [0.2, 0.25) is 0 Å². The van der Waals surface area contributed by atoms with Gasteiger partial charge in [-0.3, -0.25) is 9.80 Å². The smallest absolute Gasteiger partial charge is 0.338 e. The lowest BCUT2D eigenvalue weighted by molar-refractivity contribution is -0.139. The SMILES string of the molecule is CCOC(=O)C1=C(CN2CCN(C(=O)NC(C)(C)C)CC2)N(C)C(=O)N[C@H]1c1cccc(OC)c1OC. The average Bonchev–Trinajstić information content (AvgIpc) is 2.85. The Morgan fingerprint density at radius 3 is 2.35 bits per heavy atom. The Labute approximate surface area is 218 Å². The molecule has 37 heavy (non-hydrogen) atoms. The topological polar surface area (TPSA) is 113 Å². The van der Waals surface area contributed by atoms with Crippen molar-refractivity contribution in [3.8, 4) is 11.5 Å². The van der Waals surface area contributed by atoms with Crippen molar-refractivity contribution in [2.75, 3.05) is 60.6 Å². The second kappa shape index (κ2) is 11.7. The first-order valence-corrected chi connectivity index (χ1v) is 12.4. The molecule has 4 amide bonds. The number of urea groups is 2. The number of rotatable bonds is 7. The maximum absolute atomic E-state index is 13.3. The predicted octanol–water partition coefficient (Wildman–Crippen LogP) is 2.34. The Balaban J connectivity index is 1.94. The molecule has 1 saturated heterocycles. The lowest BCUT2D eigenvalue weighted by Crippen LogP contribution is -2.56. The number of amides is 4. The molecule has 2 N–H and O–H groups in total. The van der Waals surface area contributed by atoms with Crippen LogP contribution < -0.4 is 20.1 Å². The minimum atomic E-state index is -0.790. The van der Waals surface area contributed by atoms with Crippen LogP contribution in [0.5, 0.6) is 11.5 Å². The number of esters is 1. The van der Waals surface area contributed by atoms with E-state index in [0.29, 0.717) is 61.1 Å². The summed E-state index contributed by atoms with van der Waals surface area (Å²) in [6, 6.07) is 4.09. The standard InChI is InChI=1S/C26H39N5O6/c1-8-37-23(32)20-18(16-30-12-14-31(15-13-30)25(34)28-26(2,3)4)29(5)24(33)27-21(20)17-10-9-11-19(35-6)22(17)36-7/h9-11,21H,8,12-16H2,1-7H3,(H,27,33)(H,28,34)/t21-/m0/s1. The van der Waals surface area contributed by atoms with E-state index in [4.69, 9.17) is 14.2 Å². The van der Waals surface area contributed by atoms with E-state index in [1.54, 1.807) is 37.1 Å². The van der Waals surface area contributed by atoms with Crippen LogP contribution in [0.4, 0.5) is 9.59 Å². The summed E-state index contributed by atoms with van der Waals surface area (Å²) in [5.74, 6) is 0.407. The van der Waals surface area contributed by atoms with Crippen LogP contribution in [0, 0.1) is 0 Å². The van der Waals surface area contributed by atoms with Gasteiger partial charge >= 0.3 is 18.0 Å². The van der Waals surface area contributed by atoms with E-state index in [0.717, 1.165) is 0 Å². The van der Waals surface area contributed by atoms with Crippen molar-refractivity contribution in [3.05, 3.63) is 35.0 Å². The van der Waals surface area contributed by atoms with E-state index in [-0.39, 0.29) is 24.2 Å². The molecule has 1 atom stereocenters. The largest absolute Gasteiger partial charge is 0.493 e. The van der Waals surface area contributed by atoms with Gasteiger partial charge in [-0.15, -0.1) is 0 Å². The summed E-state index contributed by atoms with van der Waals surface area (Å²) in [5.41, 5.74) is 1.16. The molecule has 0 radical (unpaired) electrons. The molecular weight excluding hydrogens is 478 g/mol. The molecule has 0 aliphatic carbocycles. The molecule has 2 aliphatic rings. The minimum Gasteiger partial charge on any atom is -0.493 e. The molecule has 2 heterocycles. The Hall–Kier alpha value is -3.47. The van der Waals surface area contributed by atoms with E-state index in [2.05, 4.69) is 15.5 Å². The number of ether oxygens (including phenoxy) is 3. The van der Waals surface area contributed by atoms with Crippen molar-refractivity contribution in [1.29, 1.82) is 0 Å². The highest BCUT2D eigenvalue weighted by Gasteiger charge is 2.39. The molecule has 11 heteroatoms. The van der Waals surface area contributed by atoms with Crippen LogP contribution in [0.2, 0.25) is 0 Å². The third kappa shape index (κ3) is 6.46. The van der Waals surface area contributed by atoms with E-state index < -0.39 is 12.0 Å². The zero-order valence-electron chi connectivity index (χ0n) is 22.8. The number of nitrogens with zero attached hydrogens (tertiary/aromatic N) is 3. The monoisotopic (exact) mass is 517 g/mol. The summed E-state index contributed by atoms with van der Waals surface area (Å²) in [5, 5.41) is 5.91. The van der Waals surface area contributed by atoms with Crippen LogP contribution in [0.25, 0.3) is 0 Å². The summed E-state index contributed by atoms with van der Waals surface area (Å²) in [7, 11) is 4.68. The molecule has 2 aliphatic heterocycles. The van der Waals surface area contributed by atoms with E-state index in [1.165, 1.54) is 19.1 Å². The number of para-hydroxylation sites is 1. The Morgan fingerprint density at radius 1 is 1.11 bits per heavy atom. The number of nitrogens with one attached hydrogen (secondary N) is 2. The third-order valence-electron chi connectivity index (χ3n) is 6.33. The van der Waals surface area contributed by atoms with Crippen LogP contribution >= 0.6 is 0 Å². The molecule has 1 aromatic carbocycles. The Bertz CT molecular complexity index is 1040. The molecule has 11 nitrogen and oxygen atoms in total. The highest BCUT2D eigenvalue weighted by Crippen LogP contribution is 2.40. The summed E-state index contributed by atoms with van der Waals surface area (Å²) in [6.07, 6.45) is 0. The van der Waals surface area contributed by atoms with E-state index in [9.17, 15) is 14.4 Å². The number of carbonyl (C=O) groups is 3. The van der Waals surface area contributed by atoms with Crippen molar-refractivity contribution in [3.63, 3.8) is 0 Å². The van der Waals surface area contributed by atoms with Crippen LogP contribution in [-0.2, 0) is 9.53 Å². The summed E-state index contributed by atoms with van der Waals surface area (Å²) in [4.78, 5) is 44.3. The van der Waals surface area contributed by atoms with Gasteiger partial charge in [0.15, 0.2) is 11.5 Å². The summed E-state index contributed by atoms with van der Waals surface area (Å²) < 4.78 is 16.5. The number of methoxy groups -OCH3 is 2. The van der Waals surface area contributed by atoms with Gasteiger partial charge in [-0.2, -0.15) is 0 Å². The fourth-order valence-corrected chi connectivity index (χ4v) is 4.49. The number of hydrogen-bond acceptors (Lipinski definition) is 7. The van der Waals surface area contributed by atoms with Gasteiger partial charge in [0.1, 0.15) is 0 Å². The number of benzene rings is 1. The first kappa shape index (κ1) is 28.1. The van der Waals surface area contributed by atoms with E-state index in [1.807, 2.05) is 20.8 Å². The molecule has 0 bridgehead atoms. The van der Waals surface area contributed by atoms with Crippen LogP contribution in [-0.4, -0.2) is 98.9 Å². The van der Waals surface area contributed by atoms with Gasteiger partial charge in [0.05, 0.1) is 32.4 Å². The molecule has 1 fully saturated rings. The Morgan fingerprint density at radius 2 is 1.78 bits per heavy atom. The molecular formula is C26H39N5O6. The molecule has 0 aromatic heterocycles. The van der Waals surface area contributed by atoms with Crippen molar-refractivity contribution in [2.45, 2.75) is 39.3 Å². The zero-order chi connectivity index (χ0) is 27.3. The molecule has 1 aromatic rings. The highest BCUT2D eigenvalue weighted by atomic mass is 16.5. The van der Waals surface area contributed by atoms with Crippen molar-refractivity contribution in [1.82, 2.24) is 25.3 Å². The fourth-order valence-electron chi connectivity index (χ4n) is 4.49. The fraction of sp³-hybridized carbons (Fsp3) is 0.577. The highest BCUT2D eigenvalue weighted by molar-refractivity contribution is 5.95. The van der Waals surface area contributed by atoms with Gasteiger partial charge < -0.3 is 29.7 Å². The summed E-state index contributed by atoms with van der Waals surface area (Å²) >= 11 is 0. The van der Waals surface area contributed by atoms with Gasteiger partial charge in [-0.1, -0.05) is 12.1 Å². The predicted molar refractivity (Wildman–Crippen MR) is 139 cm³/mol. The van der Waals surface area contributed by atoms with Gasteiger partial charge in [0.25, 0.3) is 0 Å². The molecule has 0 unspecified atom stereocenters. The summed E-state index contributed by atoms with van der Waals surface area (Å²) in [6.45, 7) is 10.4. The lowest BCUT2D eigenvalue weighted by atomic mass is 9.93. The van der Waals surface area contributed by atoms with E-state index >= 15 is 0 Å². The molecule has 3 rings (SSSR count). The number of piperazine rings is 1. The van der Waals surface area contributed by atoms with Crippen molar-refractivity contribution < 1.29 is 28.6 Å². The number of carbonyl (C=O) groups excluding carboxylic acids is 3. The lowest BCUT2D eigenvalue weighted by Gasteiger charge is -2.40. The average molecular weight is 518 g/mol. The van der Waals surface area contributed by atoms with Crippen LogP contribution in [0.15, 0.2) is 29.5 Å². The first-order chi connectivity index (χ1) is 17.5. The number of likely N-dealkylation sites (N-methyl/N-ethyl adjacent to an activating group) is 1. The normalized spacial score (nSPS) is 18.9. The molecule has 204 valence electrons. The maximum atomic E-state index is 13.3. The second-order valence-corrected chi connectivity index (χ2v) is 10.0. The first-order valence-electron chi connectivity index (χ1n) is 12.4. The van der Waals surface area contributed by atoms with Gasteiger partial charge in [0, 0.05) is 56.6 Å². The second-order valence-electron chi connectivity index (χ2n) is 10.0. The Kier molecular flexibility index (Phi) is 8.90. The van der Waals surface area contributed by atoms with Crippen LogP contribution in [0.1, 0.15) is 39.3 Å². The molecule has 0 spiro atoms. The van der Waals surface area contributed by atoms with Crippen molar-refractivity contribution >= 4 is 18.0 Å². The van der Waals surface area contributed by atoms with Crippen LogP contribution in [0.3, 0.4) is 0 Å². The van der Waals surface area contributed by atoms with Gasteiger partial charge in [-0.25, -0.2) is 14.4 Å². The quantitative estimate of drug-likeness (QED) is 0.534. The maximum Gasteiger partial charge on any atom is 0.338 e. The minimum absolute atomic E-state index is 0.0991. The number of hydrogen-bond donors (Lipinski definition) is 2. The third-order valence-corrected chi connectivity index (χ3v) is 6.33. The zero-order valence-corrected chi connectivity index (χ0v) is 22.8. The molecule has 0 saturated carbocycles. The van der Waals surface area contributed by atoms with Gasteiger partial charge in [-0.05, 0) is 33.8 Å². The van der Waals surface area contributed by atoms with Crippen molar-refractivity contribution in [2.24, 2.45) is 0 Å².